The Bertz CT molecular complexity index is 408. The van der Waals surface area contributed by atoms with E-state index in [1.807, 2.05) is 37.3 Å². The lowest BCUT2D eigenvalue weighted by atomic mass is 9.78. The molecule has 1 saturated carbocycles. The van der Waals surface area contributed by atoms with Gasteiger partial charge in [-0.15, -0.1) is 0 Å². The first-order valence-corrected chi connectivity index (χ1v) is 5.20. The van der Waals surface area contributed by atoms with E-state index in [1.54, 1.807) is 6.92 Å². The van der Waals surface area contributed by atoms with E-state index in [0.29, 0.717) is 6.42 Å². The van der Waals surface area contributed by atoms with E-state index in [2.05, 4.69) is 0 Å². The minimum Gasteiger partial charge on any atom is -0.298 e. The Morgan fingerprint density at radius 1 is 1.20 bits per heavy atom. The second-order valence-electron chi connectivity index (χ2n) is 4.38. The molecule has 0 amide bonds. The molecule has 0 unspecified atom stereocenters. The highest BCUT2D eigenvalue weighted by molar-refractivity contribution is 6.18. The fourth-order valence-electron chi connectivity index (χ4n) is 2.28. The van der Waals surface area contributed by atoms with Gasteiger partial charge in [-0.05, 0) is 12.5 Å². The Morgan fingerprint density at radius 2 is 1.80 bits per heavy atom. The molecule has 2 rings (SSSR count). The van der Waals surface area contributed by atoms with Crippen LogP contribution in [0.5, 0.6) is 0 Å². The normalized spacial score (nSPS) is 30.9. The zero-order chi connectivity index (χ0) is 11.1. The number of rotatable bonds is 1. The molecule has 0 aliphatic heterocycles. The molecule has 1 fully saturated rings. The predicted octanol–water partition coefficient (Wildman–Crippen LogP) is 2.12. The van der Waals surface area contributed by atoms with Crippen molar-refractivity contribution in [3.8, 4) is 0 Å². The Hall–Kier alpha value is -1.44. The summed E-state index contributed by atoms with van der Waals surface area (Å²) in [5.41, 5.74) is -0.0786. The van der Waals surface area contributed by atoms with Gasteiger partial charge in [0.2, 0.25) is 0 Å². The minimum absolute atomic E-state index is 0.0474. The highest BCUT2D eigenvalue weighted by atomic mass is 16.2. The van der Waals surface area contributed by atoms with Crippen LogP contribution < -0.4 is 0 Å². The summed E-state index contributed by atoms with van der Waals surface area (Å²) in [6.07, 6.45) is 0.379. The Morgan fingerprint density at radius 3 is 2.27 bits per heavy atom. The van der Waals surface area contributed by atoms with E-state index in [-0.39, 0.29) is 17.5 Å². The molecule has 78 valence electrons. The van der Waals surface area contributed by atoms with Crippen LogP contribution in [0.1, 0.15) is 25.8 Å². The van der Waals surface area contributed by atoms with Crippen LogP contribution in [0.15, 0.2) is 30.3 Å². The van der Waals surface area contributed by atoms with Gasteiger partial charge in [0.25, 0.3) is 0 Å². The molecule has 0 heterocycles. The average molecular weight is 202 g/mol. The van der Waals surface area contributed by atoms with Gasteiger partial charge < -0.3 is 0 Å². The Balaban J connectivity index is 2.51. The van der Waals surface area contributed by atoms with Gasteiger partial charge in [0.05, 0.1) is 0 Å². The molecule has 1 aromatic carbocycles. The van der Waals surface area contributed by atoms with Crippen molar-refractivity contribution in [1.82, 2.24) is 0 Å². The molecule has 2 atom stereocenters. The zero-order valence-corrected chi connectivity index (χ0v) is 8.99. The van der Waals surface area contributed by atoms with Gasteiger partial charge in [0.1, 0.15) is 5.41 Å². The van der Waals surface area contributed by atoms with Crippen molar-refractivity contribution in [2.45, 2.75) is 25.7 Å². The summed E-state index contributed by atoms with van der Waals surface area (Å²) in [6.45, 7) is 3.57. The van der Waals surface area contributed by atoms with Crippen LogP contribution in [-0.4, -0.2) is 11.6 Å². The number of benzene rings is 1. The third kappa shape index (κ3) is 1.32. The van der Waals surface area contributed by atoms with E-state index in [0.717, 1.165) is 5.56 Å². The van der Waals surface area contributed by atoms with Crippen LogP contribution in [0, 0.1) is 5.92 Å². The van der Waals surface area contributed by atoms with E-state index >= 15 is 0 Å². The van der Waals surface area contributed by atoms with E-state index in [4.69, 9.17) is 0 Å². The maximum atomic E-state index is 12.0. The smallest absolute Gasteiger partial charge is 0.153 e. The summed E-state index contributed by atoms with van der Waals surface area (Å²) in [6, 6.07) is 9.33. The maximum absolute atomic E-state index is 12.0. The lowest BCUT2D eigenvalue weighted by Crippen LogP contribution is -2.35. The topological polar surface area (TPSA) is 34.1 Å². The first-order valence-electron chi connectivity index (χ1n) is 5.20. The molecule has 0 bridgehead atoms. The van der Waals surface area contributed by atoms with Gasteiger partial charge in [-0.2, -0.15) is 0 Å². The molecule has 15 heavy (non-hydrogen) atoms. The first-order chi connectivity index (χ1) is 7.06. The quantitative estimate of drug-likeness (QED) is 0.654. The van der Waals surface area contributed by atoms with Gasteiger partial charge in [-0.25, -0.2) is 0 Å². The lowest BCUT2D eigenvalue weighted by molar-refractivity contribution is -0.129. The van der Waals surface area contributed by atoms with Crippen LogP contribution in [0.4, 0.5) is 0 Å². The van der Waals surface area contributed by atoms with Crippen molar-refractivity contribution >= 4 is 11.6 Å². The van der Waals surface area contributed by atoms with Crippen molar-refractivity contribution in [2.75, 3.05) is 0 Å². The van der Waals surface area contributed by atoms with E-state index in [9.17, 15) is 9.59 Å². The molecule has 1 aliphatic carbocycles. The fraction of sp³-hybridized carbons (Fsp3) is 0.385. The Labute approximate surface area is 89.3 Å². The molecule has 1 aliphatic rings. The van der Waals surface area contributed by atoms with Gasteiger partial charge in [0, 0.05) is 12.3 Å². The first kappa shape index (κ1) is 10.1. The summed E-state index contributed by atoms with van der Waals surface area (Å²) in [5.74, 6) is -0.0346. The van der Waals surface area contributed by atoms with Crippen LogP contribution in [-0.2, 0) is 15.0 Å². The fourth-order valence-corrected chi connectivity index (χ4v) is 2.28. The number of hydrogen-bond donors (Lipinski definition) is 0. The highest BCUT2D eigenvalue weighted by Crippen LogP contribution is 2.37. The molecule has 0 spiro atoms. The average Bonchev–Trinajstić information content (AvgIpc) is 2.45. The van der Waals surface area contributed by atoms with E-state index in [1.165, 1.54) is 0 Å². The maximum Gasteiger partial charge on any atom is 0.153 e. The molecule has 2 heteroatoms. The number of Topliss-reactive ketones (excluding diaryl/α,β-unsaturated/α-hetero) is 2. The number of ketones is 2. The molecule has 0 aromatic heterocycles. The van der Waals surface area contributed by atoms with Crippen molar-refractivity contribution < 1.29 is 9.59 Å². The summed E-state index contributed by atoms with van der Waals surface area (Å²) in [5, 5.41) is 0. The predicted molar refractivity (Wildman–Crippen MR) is 57.6 cm³/mol. The lowest BCUT2D eigenvalue weighted by Gasteiger charge is -2.21. The van der Waals surface area contributed by atoms with Crippen LogP contribution in [0.2, 0.25) is 0 Å². The SMILES string of the molecule is C[C@@H]1CC(=O)[C@@](C)(c2ccccc2)C1=O. The van der Waals surface area contributed by atoms with Crippen LogP contribution in [0.3, 0.4) is 0 Å². The number of hydrogen-bond acceptors (Lipinski definition) is 2. The van der Waals surface area contributed by atoms with Gasteiger partial charge in [0.15, 0.2) is 11.6 Å². The molecular weight excluding hydrogens is 188 g/mol. The second kappa shape index (κ2) is 3.30. The highest BCUT2D eigenvalue weighted by Gasteiger charge is 2.50. The summed E-state index contributed by atoms with van der Waals surface area (Å²) >= 11 is 0. The third-order valence-corrected chi connectivity index (χ3v) is 3.34. The summed E-state index contributed by atoms with van der Waals surface area (Å²) in [7, 11) is 0. The van der Waals surface area contributed by atoms with Crippen molar-refractivity contribution in [3.05, 3.63) is 35.9 Å². The van der Waals surface area contributed by atoms with Crippen LogP contribution in [0.25, 0.3) is 0 Å². The van der Waals surface area contributed by atoms with E-state index < -0.39 is 5.41 Å². The largest absolute Gasteiger partial charge is 0.298 e. The van der Waals surface area contributed by atoms with Gasteiger partial charge in [-0.3, -0.25) is 9.59 Å². The molecule has 0 saturated heterocycles. The molecule has 1 aromatic rings. The second-order valence-corrected chi connectivity index (χ2v) is 4.38. The van der Waals surface area contributed by atoms with Crippen LogP contribution >= 0.6 is 0 Å². The molecular formula is C13H14O2. The monoisotopic (exact) mass is 202 g/mol. The summed E-state index contributed by atoms with van der Waals surface area (Å²) in [4.78, 5) is 23.9. The Kier molecular flexibility index (Phi) is 2.22. The summed E-state index contributed by atoms with van der Waals surface area (Å²) < 4.78 is 0. The third-order valence-electron chi connectivity index (χ3n) is 3.34. The number of carbonyl (C=O) groups is 2. The van der Waals surface area contributed by atoms with Crippen molar-refractivity contribution in [2.24, 2.45) is 5.92 Å². The standard InChI is InChI=1S/C13H14O2/c1-9-8-11(14)13(2,12(9)15)10-6-4-3-5-7-10/h3-7,9H,8H2,1-2H3/t9-,13-/m1/s1. The van der Waals surface area contributed by atoms with Crippen molar-refractivity contribution in [1.29, 1.82) is 0 Å². The van der Waals surface area contributed by atoms with Gasteiger partial charge >= 0.3 is 0 Å². The molecule has 0 N–H and O–H groups in total. The zero-order valence-electron chi connectivity index (χ0n) is 8.99. The molecule has 2 nitrogen and oxygen atoms in total. The molecule has 0 radical (unpaired) electrons. The minimum atomic E-state index is -0.902. The van der Waals surface area contributed by atoms with Crippen molar-refractivity contribution in [3.63, 3.8) is 0 Å². The number of carbonyl (C=O) groups excluding carboxylic acids is 2. The van der Waals surface area contributed by atoms with Gasteiger partial charge in [-0.1, -0.05) is 37.3 Å².